The molecule has 244 valence electrons. The molecule has 3 amide bonds. The normalized spacial score (nSPS) is 11.1. The molecule has 0 unspecified atom stereocenters. The fourth-order valence-electron chi connectivity index (χ4n) is 4.35. The number of anilines is 2. The van der Waals surface area contributed by atoms with Gasteiger partial charge in [0.1, 0.15) is 28.7 Å². The molecule has 8 nitrogen and oxygen atoms in total. The fraction of sp³-hybridized carbons (Fsp3) is 0.0571. The average molecular weight is 676 g/mol. The first-order chi connectivity index (χ1) is 23.1. The third-order valence-corrected chi connectivity index (χ3v) is 7.68. The zero-order valence-corrected chi connectivity index (χ0v) is 25.8. The quantitative estimate of drug-likeness (QED) is 0.0575. The van der Waals surface area contributed by atoms with Crippen LogP contribution >= 0.6 is 11.8 Å². The molecule has 0 aliphatic heterocycles. The molecule has 0 bridgehead atoms. The Hall–Kier alpha value is -5.82. The van der Waals surface area contributed by atoms with E-state index in [9.17, 15) is 31.9 Å². The maximum Gasteiger partial charge on any atom is 0.272 e. The zero-order chi connectivity index (χ0) is 34.2. The Morgan fingerprint density at radius 2 is 1.48 bits per heavy atom. The van der Waals surface area contributed by atoms with E-state index >= 15 is 0 Å². The van der Waals surface area contributed by atoms with Gasteiger partial charge in [-0.15, -0.1) is 11.8 Å². The number of amides is 3. The molecule has 0 saturated carbocycles. The van der Waals surface area contributed by atoms with Crippen LogP contribution in [0, 0.1) is 23.3 Å². The summed E-state index contributed by atoms with van der Waals surface area (Å²) in [6.07, 6.45) is 1.38. The van der Waals surface area contributed by atoms with E-state index in [1.54, 1.807) is 60.7 Å². The van der Waals surface area contributed by atoms with Crippen LogP contribution in [0.15, 0.2) is 112 Å². The van der Waals surface area contributed by atoms with Crippen LogP contribution < -0.4 is 20.7 Å². The number of halogens is 4. The summed E-state index contributed by atoms with van der Waals surface area (Å²) in [6.45, 7) is 0. The number of rotatable bonds is 11. The van der Waals surface area contributed by atoms with Crippen molar-refractivity contribution in [1.29, 1.82) is 0 Å². The summed E-state index contributed by atoms with van der Waals surface area (Å²) in [4.78, 5) is 39.1. The number of furan rings is 1. The van der Waals surface area contributed by atoms with E-state index in [2.05, 4.69) is 10.6 Å². The van der Waals surface area contributed by atoms with Crippen LogP contribution in [-0.4, -0.2) is 30.6 Å². The number of thioether (sulfide) groups is 1. The average Bonchev–Trinajstić information content (AvgIpc) is 3.57. The molecule has 0 saturated heterocycles. The summed E-state index contributed by atoms with van der Waals surface area (Å²) in [5, 5.41) is 7.17. The molecule has 48 heavy (non-hydrogen) atoms. The molecule has 4 aromatic carbocycles. The molecule has 0 atom stereocenters. The number of hydrogen-bond acceptors (Lipinski definition) is 6. The number of carbonyl (C=O) groups excluding carboxylic acids is 3. The Bertz CT molecular complexity index is 1970. The molecule has 0 aliphatic rings. The molecule has 1 aromatic heterocycles. The van der Waals surface area contributed by atoms with Gasteiger partial charge in [-0.25, -0.2) is 17.6 Å². The van der Waals surface area contributed by atoms with Crippen LogP contribution in [0.2, 0.25) is 0 Å². The number of methoxy groups -OCH3 is 1. The Labute approximate surface area is 275 Å². The van der Waals surface area contributed by atoms with E-state index in [1.807, 2.05) is 23.5 Å². The maximum absolute atomic E-state index is 13.9. The first kappa shape index (κ1) is 33.5. The van der Waals surface area contributed by atoms with E-state index in [0.29, 0.717) is 33.2 Å². The largest absolute Gasteiger partial charge is 0.496 e. The highest BCUT2D eigenvalue weighted by atomic mass is 32.2. The molecule has 5 aromatic rings. The van der Waals surface area contributed by atoms with E-state index in [0.717, 1.165) is 11.8 Å². The summed E-state index contributed by atoms with van der Waals surface area (Å²) in [7, 11) is 1.54. The molecule has 1 heterocycles. The highest BCUT2D eigenvalue weighted by Crippen LogP contribution is 2.31. The Balaban J connectivity index is 1.28. The molecule has 3 N–H and O–H groups in total. The lowest BCUT2D eigenvalue weighted by atomic mass is 10.1. The molecular formula is C35H25F4N3O5S. The number of ether oxygens (including phenoxy) is 1. The predicted octanol–water partition coefficient (Wildman–Crippen LogP) is 7.65. The highest BCUT2D eigenvalue weighted by molar-refractivity contribution is 8.00. The van der Waals surface area contributed by atoms with Crippen LogP contribution in [0.4, 0.5) is 28.9 Å². The Morgan fingerprint density at radius 1 is 0.812 bits per heavy atom. The van der Waals surface area contributed by atoms with Crippen molar-refractivity contribution < 1.29 is 41.1 Å². The summed E-state index contributed by atoms with van der Waals surface area (Å²) >= 11 is 0.966. The van der Waals surface area contributed by atoms with Crippen LogP contribution in [-0.2, 0) is 9.59 Å². The second-order valence-corrected chi connectivity index (χ2v) is 11.0. The lowest BCUT2D eigenvalue weighted by Gasteiger charge is -2.12. The van der Waals surface area contributed by atoms with Crippen molar-refractivity contribution in [3.05, 3.63) is 137 Å². The molecule has 0 aliphatic carbocycles. The number of nitrogens with one attached hydrogen (secondary N) is 3. The number of carbonyl (C=O) groups is 3. The molecular weight excluding hydrogens is 650 g/mol. The third kappa shape index (κ3) is 8.12. The maximum atomic E-state index is 13.9. The minimum absolute atomic E-state index is 0.0434. The van der Waals surface area contributed by atoms with Crippen molar-refractivity contribution in [2.24, 2.45) is 0 Å². The van der Waals surface area contributed by atoms with E-state index in [-0.39, 0.29) is 23.3 Å². The lowest BCUT2D eigenvalue weighted by molar-refractivity contribution is -0.114. The summed E-state index contributed by atoms with van der Waals surface area (Å²) < 4.78 is 66.0. The van der Waals surface area contributed by atoms with Gasteiger partial charge in [0.2, 0.25) is 5.91 Å². The minimum Gasteiger partial charge on any atom is -0.496 e. The zero-order valence-electron chi connectivity index (χ0n) is 25.0. The predicted molar refractivity (Wildman–Crippen MR) is 173 cm³/mol. The van der Waals surface area contributed by atoms with E-state index in [1.165, 1.54) is 25.3 Å². The van der Waals surface area contributed by atoms with Gasteiger partial charge < -0.3 is 25.1 Å². The fourth-order valence-corrected chi connectivity index (χ4v) is 5.05. The van der Waals surface area contributed by atoms with Gasteiger partial charge in [-0.05, 0) is 60.7 Å². The van der Waals surface area contributed by atoms with Crippen molar-refractivity contribution in [2.45, 2.75) is 4.90 Å². The van der Waals surface area contributed by atoms with Crippen molar-refractivity contribution >= 4 is 46.9 Å². The van der Waals surface area contributed by atoms with Gasteiger partial charge in [-0.1, -0.05) is 30.3 Å². The second kappa shape index (κ2) is 15.2. The van der Waals surface area contributed by atoms with Crippen molar-refractivity contribution in [2.75, 3.05) is 23.5 Å². The monoisotopic (exact) mass is 675 g/mol. The first-order valence-corrected chi connectivity index (χ1v) is 15.1. The number of para-hydroxylation sites is 1. The molecule has 0 spiro atoms. The minimum atomic E-state index is -1.72. The van der Waals surface area contributed by atoms with Crippen LogP contribution in [0.5, 0.6) is 5.75 Å². The highest BCUT2D eigenvalue weighted by Gasteiger charge is 2.21. The van der Waals surface area contributed by atoms with Gasteiger partial charge in [0, 0.05) is 28.3 Å². The van der Waals surface area contributed by atoms with E-state index < -0.39 is 46.7 Å². The molecule has 13 heteroatoms. The summed E-state index contributed by atoms with van der Waals surface area (Å²) in [5.74, 6) is -7.83. The number of hydrogen-bond donors (Lipinski definition) is 3. The first-order valence-electron chi connectivity index (χ1n) is 14.1. The van der Waals surface area contributed by atoms with Crippen LogP contribution in [0.25, 0.3) is 17.4 Å². The van der Waals surface area contributed by atoms with Gasteiger partial charge in [-0.2, -0.15) is 0 Å². The van der Waals surface area contributed by atoms with Crippen LogP contribution in [0.1, 0.15) is 16.1 Å². The van der Waals surface area contributed by atoms with Gasteiger partial charge in [-0.3, -0.25) is 14.4 Å². The van der Waals surface area contributed by atoms with Crippen molar-refractivity contribution in [1.82, 2.24) is 5.32 Å². The molecule has 5 rings (SSSR count). The SMILES string of the molecule is COc1ccccc1-c1ccc(C=C(NC(=O)c2ccccc2)C(=O)Nc2ccc(SCC(=O)Nc3c(F)c(F)cc(F)c3F)cc2)o1. The standard InChI is InChI=1S/C35H25F4N3O5S/c1-46-28-10-6-5-9-24(28)29-16-13-22(47-29)17-27(41-34(44)20-7-3-2-4-8-20)35(45)40-21-11-14-23(15-12-21)48-19-30(43)42-33-31(38)25(36)18-26(37)32(33)39/h2-18H,19H2,1H3,(H,40,45)(H,41,44)(H,42,43). The third-order valence-electron chi connectivity index (χ3n) is 6.67. The summed E-state index contributed by atoms with van der Waals surface area (Å²) in [6, 6.07) is 25.1. The van der Waals surface area contributed by atoms with Gasteiger partial charge in [0.15, 0.2) is 23.3 Å². The van der Waals surface area contributed by atoms with Crippen molar-refractivity contribution in [3.8, 4) is 17.1 Å². The lowest BCUT2D eigenvalue weighted by Crippen LogP contribution is -2.30. The van der Waals surface area contributed by atoms with Gasteiger partial charge in [0.25, 0.3) is 11.8 Å². The molecule has 0 fully saturated rings. The molecule has 0 radical (unpaired) electrons. The van der Waals surface area contributed by atoms with Gasteiger partial charge in [0.05, 0.1) is 18.4 Å². The summed E-state index contributed by atoms with van der Waals surface area (Å²) in [5.41, 5.74) is 0.0145. The second-order valence-electron chi connectivity index (χ2n) is 9.94. The topological polar surface area (TPSA) is 110 Å². The Kier molecular flexibility index (Phi) is 10.6. The van der Waals surface area contributed by atoms with Crippen LogP contribution in [0.3, 0.4) is 0 Å². The number of benzene rings is 4. The van der Waals surface area contributed by atoms with Crippen molar-refractivity contribution in [3.63, 3.8) is 0 Å². The van der Waals surface area contributed by atoms with E-state index in [4.69, 9.17) is 9.15 Å². The smallest absolute Gasteiger partial charge is 0.272 e. The van der Waals surface area contributed by atoms with Gasteiger partial charge >= 0.3 is 0 Å². The Morgan fingerprint density at radius 3 is 2.17 bits per heavy atom.